The Kier molecular flexibility index (Phi) is 6.18. The highest BCUT2D eigenvalue weighted by Crippen LogP contribution is 2.24. The number of halogens is 1. The second-order valence-corrected chi connectivity index (χ2v) is 8.99. The van der Waals surface area contributed by atoms with Crippen molar-refractivity contribution >= 4 is 31.5 Å². The Balaban J connectivity index is 3.08. The van der Waals surface area contributed by atoms with Gasteiger partial charge in [-0.1, -0.05) is 18.5 Å². The number of sulfonamides is 1. The topological polar surface area (TPSA) is 101 Å². The molecule has 0 aliphatic heterocycles. The van der Waals surface area contributed by atoms with Crippen LogP contribution >= 0.6 is 11.6 Å². The fourth-order valence-electron chi connectivity index (χ4n) is 1.57. The third-order valence-electron chi connectivity index (χ3n) is 2.86. The first-order valence-electron chi connectivity index (χ1n) is 6.18. The summed E-state index contributed by atoms with van der Waals surface area (Å²) in [5.74, 6) is -0.0540. The summed E-state index contributed by atoms with van der Waals surface area (Å²) in [6, 6.07) is 3.53. The molecule has 1 aromatic carbocycles. The third kappa shape index (κ3) is 5.23. The number of benzene rings is 1. The van der Waals surface area contributed by atoms with E-state index in [1.807, 2.05) is 0 Å². The molecule has 0 amide bonds. The van der Waals surface area contributed by atoms with Crippen molar-refractivity contribution in [2.75, 3.05) is 19.4 Å². The molecule has 0 fully saturated rings. The summed E-state index contributed by atoms with van der Waals surface area (Å²) < 4.78 is 49.7. The summed E-state index contributed by atoms with van der Waals surface area (Å²) in [7, 11) is -7.44. The minimum absolute atomic E-state index is 0.0345. The van der Waals surface area contributed by atoms with Gasteiger partial charge in [0.15, 0.2) is 9.84 Å². The zero-order valence-corrected chi connectivity index (χ0v) is 14.1. The molecule has 0 spiro atoms. The Bertz CT molecular complexity index is 700. The molecule has 120 valence electrons. The van der Waals surface area contributed by atoms with Crippen molar-refractivity contribution in [1.29, 1.82) is 0 Å². The quantitative estimate of drug-likeness (QED) is 0.761. The normalized spacial score (nSPS) is 14.1. The molecule has 1 unspecified atom stereocenters. The molecule has 0 saturated carbocycles. The van der Waals surface area contributed by atoms with Crippen LogP contribution in [0.1, 0.15) is 13.3 Å². The third-order valence-corrected chi connectivity index (χ3v) is 5.88. The number of nitrogens with one attached hydrogen (secondary N) is 1. The summed E-state index contributed by atoms with van der Waals surface area (Å²) >= 11 is 5.85. The molecule has 1 atom stereocenters. The Hall–Kier alpha value is -0.670. The molecule has 6 nitrogen and oxygen atoms in total. The van der Waals surface area contributed by atoms with Gasteiger partial charge in [-0.05, 0) is 30.5 Å². The SMILES string of the molecule is CC(CCO)CNS(=O)(=O)c1cc(S(C)(=O)=O)ccc1Cl. The molecule has 2 N–H and O–H groups in total. The molecule has 0 heterocycles. The summed E-state index contributed by atoms with van der Waals surface area (Å²) in [6.07, 6.45) is 1.45. The maximum Gasteiger partial charge on any atom is 0.242 e. The standard InChI is InChI=1S/C12H18ClNO5S2/c1-9(5-6-15)8-14-21(18,19)12-7-10(20(2,16)17)3-4-11(12)13/h3-4,7,9,14-15H,5-6,8H2,1-2H3. The van der Waals surface area contributed by atoms with Crippen LogP contribution in [-0.4, -0.2) is 41.3 Å². The van der Waals surface area contributed by atoms with Gasteiger partial charge in [-0.3, -0.25) is 0 Å². The Morgan fingerprint density at radius 3 is 2.43 bits per heavy atom. The first-order valence-corrected chi connectivity index (χ1v) is 9.93. The van der Waals surface area contributed by atoms with Crippen molar-refractivity contribution in [2.45, 2.75) is 23.1 Å². The molecule has 0 aliphatic carbocycles. The number of sulfone groups is 1. The molecule has 21 heavy (non-hydrogen) atoms. The number of aliphatic hydroxyl groups excluding tert-OH is 1. The average molecular weight is 356 g/mol. The Labute approximate surface area is 130 Å². The molecule has 0 aromatic heterocycles. The Morgan fingerprint density at radius 1 is 1.29 bits per heavy atom. The fraction of sp³-hybridized carbons (Fsp3) is 0.500. The maximum absolute atomic E-state index is 12.2. The van der Waals surface area contributed by atoms with Gasteiger partial charge < -0.3 is 5.11 Å². The zero-order chi connectivity index (χ0) is 16.3. The largest absolute Gasteiger partial charge is 0.396 e. The molecule has 1 aromatic rings. The van der Waals surface area contributed by atoms with Crippen molar-refractivity contribution < 1.29 is 21.9 Å². The molecular formula is C12H18ClNO5S2. The summed E-state index contributed by atoms with van der Waals surface area (Å²) in [4.78, 5) is -0.390. The van der Waals surface area contributed by atoms with Crippen LogP contribution in [0, 0.1) is 5.92 Å². The van der Waals surface area contributed by atoms with E-state index >= 15 is 0 Å². The van der Waals surface area contributed by atoms with Crippen molar-refractivity contribution in [1.82, 2.24) is 4.72 Å². The lowest BCUT2D eigenvalue weighted by molar-refractivity contribution is 0.263. The Morgan fingerprint density at radius 2 is 1.90 bits per heavy atom. The smallest absolute Gasteiger partial charge is 0.242 e. The van der Waals surface area contributed by atoms with Crippen molar-refractivity contribution in [3.05, 3.63) is 23.2 Å². The summed E-state index contributed by atoms with van der Waals surface area (Å²) in [6.45, 7) is 1.88. The van der Waals surface area contributed by atoms with E-state index in [1.54, 1.807) is 6.92 Å². The van der Waals surface area contributed by atoms with E-state index in [-0.39, 0.29) is 33.9 Å². The van der Waals surface area contributed by atoms with Crippen LogP contribution in [0.2, 0.25) is 5.02 Å². The van der Waals surface area contributed by atoms with E-state index in [2.05, 4.69) is 4.72 Å². The predicted molar refractivity (Wildman–Crippen MR) is 80.6 cm³/mol. The minimum Gasteiger partial charge on any atom is -0.396 e. The number of hydrogen-bond acceptors (Lipinski definition) is 5. The molecule has 1 rings (SSSR count). The van der Waals surface area contributed by atoms with E-state index in [4.69, 9.17) is 16.7 Å². The molecule has 0 saturated heterocycles. The van der Waals surface area contributed by atoms with E-state index < -0.39 is 19.9 Å². The monoisotopic (exact) mass is 355 g/mol. The highest BCUT2D eigenvalue weighted by Gasteiger charge is 2.21. The fourth-order valence-corrected chi connectivity index (χ4v) is 3.98. The zero-order valence-electron chi connectivity index (χ0n) is 11.7. The van der Waals surface area contributed by atoms with E-state index in [0.717, 1.165) is 12.3 Å². The first kappa shape index (κ1) is 18.4. The highest BCUT2D eigenvalue weighted by molar-refractivity contribution is 7.91. The highest BCUT2D eigenvalue weighted by atomic mass is 35.5. The van der Waals surface area contributed by atoms with Gasteiger partial charge in [0.05, 0.1) is 9.92 Å². The van der Waals surface area contributed by atoms with Crippen LogP contribution in [0.5, 0.6) is 0 Å². The van der Waals surface area contributed by atoms with Crippen LogP contribution in [-0.2, 0) is 19.9 Å². The number of aliphatic hydroxyl groups is 1. The average Bonchev–Trinajstić information content (AvgIpc) is 2.36. The van der Waals surface area contributed by atoms with E-state index in [1.165, 1.54) is 12.1 Å². The summed E-state index contributed by atoms with van der Waals surface area (Å²) in [5, 5.41) is 8.74. The van der Waals surface area contributed by atoms with Crippen LogP contribution in [0.15, 0.2) is 28.0 Å². The van der Waals surface area contributed by atoms with Gasteiger partial charge in [0, 0.05) is 19.4 Å². The van der Waals surface area contributed by atoms with Crippen LogP contribution < -0.4 is 4.72 Å². The van der Waals surface area contributed by atoms with Crippen molar-refractivity contribution in [3.8, 4) is 0 Å². The van der Waals surface area contributed by atoms with Gasteiger partial charge in [0.2, 0.25) is 10.0 Å². The van der Waals surface area contributed by atoms with E-state index in [9.17, 15) is 16.8 Å². The van der Waals surface area contributed by atoms with Crippen LogP contribution in [0.3, 0.4) is 0 Å². The van der Waals surface area contributed by atoms with Gasteiger partial charge in [0.1, 0.15) is 4.90 Å². The summed E-state index contributed by atoms with van der Waals surface area (Å²) in [5.41, 5.74) is 0. The van der Waals surface area contributed by atoms with Crippen molar-refractivity contribution in [3.63, 3.8) is 0 Å². The molecule has 9 heteroatoms. The minimum atomic E-state index is -3.92. The van der Waals surface area contributed by atoms with E-state index in [0.29, 0.717) is 6.42 Å². The van der Waals surface area contributed by atoms with Gasteiger partial charge in [-0.15, -0.1) is 0 Å². The number of hydrogen-bond donors (Lipinski definition) is 2. The lowest BCUT2D eigenvalue weighted by Crippen LogP contribution is -2.29. The van der Waals surface area contributed by atoms with Crippen molar-refractivity contribution in [2.24, 2.45) is 5.92 Å². The van der Waals surface area contributed by atoms with Gasteiger partial charge >= 0.3 is 0 Å². The van der Waals surface area contributed by atoms with Gasteiger partial charge in [-0.25, -0.2) is 21.6 Å². The molecule has 0 radical (unpaired) electrons. The lowest BCUT2D eigenvalue weighted by atomic mass is 10.1. The first-order chi connectivity index (χ1) is 9.58. The maximum atomic E-state index is 12.2. The lowest BCUT2D eigenvalue weighted by Gasteiger charge is -2.13. The molecule has 0 bridgehead atoms. The molecular weight excluding hydrogens is 338 g/mol. The second kappa shape index (κ2) is 7.06. The van der Waals surface area contributed by atoms with Crippen LogP contribution in [0.25, 0.3) is 0 Å². The second-order valence-electron chi connectivity index (χ2n) is 4.83. The van der Waals surface area contributed by atoms with Crippen LogP contribution in [0.4, 0.5) is 0 Å². The van der Waals surface area contributed by atoms with Gasteiger partial charge in [-0.2, -0.15) is 0 Å². The predicted octanol–water partition coefficient (Wildman–Crippen LogP) is 1.04. The number of rotatable bonds is 7. The molecule has 0 aliphatic rings. The van der Waals surface area contributed by atoms with Gasteiger partial charge in [0.25, 0.3) is 0 Å².